The van der Waals surface area contributed by atoms with Crippen molar-refractivity contribution in [2.24, 2.45) is 5.10 Å². The topological polar surface area (TPSA) is 52.5 Å². The van der Waals surface area contributed by atoms with Crippen molar-refractivity contribution in [1.82, 2.24) is 5.01 Å². The van der Waals surface area contributed by atoms with E-state index in [1.807, 2.05) is 59.6 Å². The number of rotatable bonds is 5. The van der Waals surface area contributed by atoms with Crippen molar-refractivity contribution in [3.05, 3.63) is 83.4 Å². The fraction of sp³-hybridized carbons (Fsp3) is 0.240. The molecule has 2 aliphatic heterocycles. The average Bonchev–Trinajstić information content (AvgIpc) is 3.29. The van der Waals surface area contributed by atoms with Gasteiger partial charge in [-0.2, -0.15) is 5.10 Å². The maximum absolute atomic E-state index is 6.46. The van der Waals surface area contributed by atoms with Gasteiger partial charge in [0.05, 0.1) is 38.6 Å². The first-order chi connectivity index (χ1) is 15.2. The molecule has 0 aromatic heterocycles. The molecule has 6 nitrogen and oxygen atoms in total. The van der Waals surface area contributed by atoms with Gasteiger partial charge < -0.3 is 18.9 Å². The van der Waals surface area contributed by atoms with E-state index in [1.54, 1.807) is 21.3 Å². The third kappa shape index (κ3) is 3.24. The summed E-state index contributed by atoms with van der Waals surface area (Å²) >= 11 is 0. The molecule has 3 aromatic rings. The van der Waals surface area contributed by atoms with Gasteiger partial charge in [-0.05, 0) is 30.3 Å². The van der Waals surface area contributed by atoms with Gasteiger partial charge in [-0.1, -0.05) is 36.4 Å². The van der Waals surface area contributed by atoms with E-state index in [-0.39, 0.29) is 6.04 Å². The van der Waals surface area contributed by atoms with Crippen LogP contribution in [-0.4, -0.2) is 32.0 Å². The zero-order valence-corrected chi connectivity index (χ0v) is 17.7. The van der Waals surface area contributed by atoms with Crippen molar-refractivity contribution in [3.8, 4) is 23.0 Å². The third-order valence-corrected chi connectivity index (χ3v) is 5.80. The maximum Gasteiger partial charge on any atom is 0.217 e. The molecule has 0 saturated heterocycles. The van der Waals surface area contributed by atoms with Crippen molar-refractivity contribution in [1.29, 1.82) is 0 Å². The van der Waals surface area contributed by atoms with Crippen LogP contribution in [0.3, 0.4) is 0 Å². The number of hydrogen-bond donors (Lipinski definition) is 0. The summed E-state index contributed by atoms with van der Waals surface area (Å²) in [7, 11) is 4.95. The van der Waals surface area contributed by atoms with E-state index in [9.17, 15) is 0 Å². The highest BCUT2D eigenvalue weighted by molar-refractivity contribution is 6.02. The zero-order chi connectivity index (χ0) is 21.4. The SMILES string of the molecule is COc1cccc(C2=NN3[C@@H](c4cccc(OC)c4OC)Oc4ccccc4[C@@H]3C2)c1. The Morgan fingerprint density at radius 2 is 1.68 bits per heavy atom. The second-order valence-electron chi connectivity index (χ2n) is 7.47. The number of methoxy groups -OCH3 is 3. The Balaban J connectivity index is 1.62. The molecule has 0 saturated carbocycles. The van der Waals surface area contributed by atoms with Crippen LogP contribution in [0, 0.1) is 0 Å². The Hall–Kier alpha value is -3.67. The van der Waals surface area contributed by atoms with Crippen molar-refractivity contribution < 1.29 is 18.9 Å². The van der Waals surface area contributed by atoms with Gasteiger partial charge in [-0.15, -0.1) is 0 Å². The highest BCUT2D eigenvalue weighted by Crippen LogP contribution is 2.50. The number of hydrazone groups is 1. The van der Waals surface area contributed by atoms with Gasteiger partial charge in [0.25, 0.3) is 0 Å². The quantitative estimate of drug-likeness (QED) is 0.589. The van der Waals surface area contributed by atoms with Crippen LogP contribution in [0.15, 0.2) is 71.8 Å². The highest BCUT2D eigenvalue weighted by Gasteiger charge is 2.42. The van der Waals surface area contributed by atoms with Crippen LogP contribution in [0.25, 0.3) is 0 Å². The van der Waals surface area contributed by atoms with Crippen LogP contribution in [0.4, 0.5) is 0 Å². The lowest BCUT2D eigenvalue weighted by molar-refractivity contribution is -0.0205. The summed E-state index contributed by atoms with van der Waals surface area (Å²) in [6, 6.07) is 22.0. The van der Waals surface area contributed by atoms with E-state index in [2.05, 4.69) is 12.1 Å². The second kappa shape index (κ2) is 7.87. The van der Waals surface area contributed by atoms with Gasteiger partial charge in [0.15, 0.2) is 11.5 Å². The van der Waals surface area contributed by atoms with Crippen LogP contribution < -0.4 is 18.9 Å². The van der Waals surface area contributed by atoms with Crippen LogP contribution in [-0.2, 0) is 0 Å². The molecule has 0 amide bonds. The van der Waals surface area contributed by atoms with Crippen molar-refractivity contribution in [3.63, 3.8) is 0 Å². The van der Waals surface area contributed by atoms with Crippen LogP contribution in [0.5, 0.6) is 23.0 Å². The summed E-state index contributed by atoms with van der Waals surface area (Å²) in [6.45, 7) is 0. The smallest absolute Gasteiger partial charge is 0.217 e. The second-order valence-corrected chi connectivity index (χ2v) is 7.47. The average molecular weight is 416 g/mol. The zero-order valence-electron chi connectivity index (χ0n) is 17.7. The standard InChI is InChI=1S/C25H24N2O4/c1-28-17-9-6-8-16(14-17)20-15-21-18-10-4-5-12-22(18)31-25(27(21)26-20)19-11-7-13-23(29-2)24(19)30-3/h4-14,21,25H,15H2,1-3H3/t21-,25+/m0/s1. The minimum absolute atomic E-state index is 0.0621. The Morgan fingerprint density at radius 3 is 2.48 bits per heavy atom. The van der Waals surface area contributed by atoms with Gasteiger partial charge >= 0.3 is 0 Å². The van der Waals surface area contributed by atoms with Crippen molar-refractivity contribution in [2.45, 2.75) is 18.7 Å². The minimum atomic E-state index is -0.437. The summed E-state index contributed by atoms with van der Waals surface area (Å²) in [5, 5.41) is 7.05. The summed E-state index contributed by atoms with van der Waals surface area (Å²) in [5.41, 5.74) is 4.04. The van der Waals surface area contributed by atoms with E-state index >= 15 is 0 Å². The summed E-state index contributed by atoms with van der Waals surface area (Å²) in [6.07, 6.45) is 0.337. The molecule has 0 bridgehead atoms. The molecule has 2 heterocycles. The fourth-order valence-corrected chi connectivity index (χ4v) is 4.32. The number of fused-ring (bicyclic) bond motifs is 3. The van der Waals surface area contributed by atoms with Crippen molar-refractivity contribution in [2.75, 3.05) is 21.3 Å². The summed E-state index contributed by atoms with van der Waals surface area (Å²) < 4.78 is 23.1. The lowest BCUT2D eigenvalue weighted by Crippen LogP contribution is -2.34. The predicted molar refractivity (Wildman–Crippen MR) is 118 cm³/mol. The van der Waals surface area contributed by atoms with Gasteiger partial charge in [0.1, 0.15) is 11.5 Å². The van der Waals surface area contributed by atoms with E-state index in [0.29, 0.717) is 11.5 Å². The number of nitrogens with zero attached hydrogens (tertiary/aromatic N) is 2. The molecular weight excluding hydrogens is 392 g/mol. The Bertz CT molecular complexity index is 1140. The summed E-state index contributed by atoms with van der Waals surface area (Å²) in [5.74, 6) is 2.99. The Morgan fingerprint density at radius 1 is 0.871 bits per heavy atom. The number of benzene rings is 3. The van der Waals surface area contributed by atoms with Gasteiger partial charge in [-0.25, -0.2) is 5.01 Å². The van der Waals surface area contributed by atoms with Crippen LogP contribution in [0.1, 0.15) is 35.4 Å². The molecule has 2 aliphatic rings. The normalized spacial score (nSPS) is 19.1. The van der Waals surface area contributed by atoms with E-state index in [4.69, 9.17) is 24.0 Å². The van der Waals surface area contributed by atoms with E-state index < -0.39 is 6.23 Å². The molecule has 2 atom stereocenters. The Labute approximate surface area is 181 Å². The molecule has 0 N–H and O–H groups in total. The lowest BCUT2D eigenvalue weighted by Gasteiger charge is -2.38. The van der Waals surface area contributed by atoms with E-state index in [0.717, 1.165) is 40.3 Å². The first kappa shape index (κ1) is 19.3. The fourth-order valence-electron chi connectivity index (χ4n) is 4.32. The monoisotopic (exact) mass is 416 g/mol. The van der Waals surface area contributed by atoms with Crippen LogP contribution in [0.2, 0.25) is 0 Å². The molecule has 0 unspecified atom stereocenters. The Kier molecular flexibility index (Phi) is 4.90. The molecule has 0 radical (unpaired) electrons. The highest BCUT2D eigenvalue weighted by atomic mass is 16.5. The number of ether oxygens (including phenoxy) is 4. The largest absolute Gasteiger partial charge is 0.497 e. The molecule has 0 spiro atoms. The predicted octanol–water partition coefficient (Wildman–Crippen LogP) is 4.95. The molecule has 0 aliphatic carbocycles. The third-order valence-electron chi connectivity index (χ3n) is 5.80. The number of para-hydroxylation sites is 2. The molecule has 5 rings (SSSR count). The lowest BCUT2D eigenvalue weighted by atomic mass is 9.95. The van der Waals surface area contributed by atoms with Crippen LogP contribution >= 0.6 is 0 Å². The van der Waals surface area contributed by atoms with Gasteiger partial charge in [0.2, 0.25) is 6.23 Å². The first-order valence-corrected chi connectivity index (χ1v) is 10.2. The molecule has 31 heavy (non-hydrogen) atoms. The van der Waals surface area contributed by atoms with E-state index in [1.165, 1.54) is 0 Å². The first-order valence-electron chi connectivity index (χ1n) is 10.2. The maximum atomic E-state index is 6.46. The molecular formula is C25H24N2O4. The number of hydrogen-bond acceptors (Lipinski definition) is 6. The molecule has 6 heteroatoms. The molecule has 3 aromatic carbocycles. The summed E-state index contributed by atoms with van der Waals surface area (Å²) in [4.78, 5) is 0. The molecule has 158 valence electrons. The van der Waals surface area contributed by atoms with Gasteiger partial charge in [-0.3, -0.25) is 0 Å². The molecule has 0 fully saturated rings. The minimum Gasteiger partial charge on any atom is -0.497 e. The van der Waals surface area contributed by atoms with Gasteiger partial charge in [0, 0.05) is 17.5 Å². The van der Waals surface area contributed by atoms with Crippen molar-refractivity contribution >= 4 is 5.71 Å².